The van der Waals surface area contributed by atoms with Crippen molar-refractivity contribution in [2.75, 3.05) is 17.7 Å². The first kappa shape index (κ1) is 15.1. The second-order valence-electron chi connectivity index (χ2n) is 4.52. The molecule has 1 aliphatic rings. The van der Waals surface area contributed by atoms with Crippen LogP contribution < -0.4 is 16.0 Å². The zero-order chi connectivity index (χ0) is 15.6. The number of aromatic nitrogens is 1. The smallest absolute Gasteiger partial charge is 0.373 e. The van der Waals surface area contributed by atoms with Gasteiger partial charge in [-0.25, -0.2) is 4.98 Å². The van der Waals surface area contributed by atoms with Gasteiger partial charge in [-0.05, 0) is 18.6 Å². The third kappa shape index (κ3) is 3.61. The van der Waals surface area contributed by atoms with E-state index in [2.05, 4.69) is 20.9 Å². The van der Waals surface area contributed by atoms with Gasteiger partial charge in [-0.3, -0.25) is 14.9 Å². The van der Waals surface area contributed by atoms with E-state index >= 15 is 0 Å². The Balaban J connectivity index is 2.23. The average molecular weight is 302 g/mol. The fourth-order valence-corrected chi connectivity index (χ4v) is 1.91. The molecular formula is C12H13F3N4O2. The average Bonchev–Trinajstić information content (AvgIpc) is 2.40. The molecule has 1 saturated heterocycles. The number of hydrogen-bond acceptors (Lipinski definition) is 5. The van der Waals surface area contributed by atoms with Crippen LogP contribution in [0.5, 0.6) is 0 Å². The van der Waals surface area contributed by atoms with Crippen molar-refractivity contribution in [3.8, 4) is 0 Å². The second-order valence-corrected chi connectivity index (χ2v) is 4.52. The van der Waals surface area contributed by atoms with E-state index in [-0.39, 0.29) is 24.5 Å². The molecule has 0 aliphatic carbocycles. The lowest BCUT2D eigenvalue weighted by atomic mass is 10.1. The molecule has 1 unspecified atom stereocenters. The van der Waals surface area contributed by atoms with E-state index in [1.165, 1.54) is 7.05 Å². The van der Waals surface area contributed by atoms with Crippen LogP contribution in [-0.4, -0.2) is 29.9 Å². The first-order chi connectivity index (χ1) is 9.79. The van der Waals surface area contributed by atoms with Crippen LogP contribution in [0.15, 0.2) is 12.1 Å². The summed E-state index contributed by atoms with van der Waals surface area (Å²) in [6.07, 6.45) is -4.19. The minimum atomic E-state index is -4.52. The van der Waals surface area contributed by atoms with Crippen LogP contribution >= 0.6 is 0 Å². The van der Waals surface area contributed by atoms with Crippen LogP contribution in [0.25, 0.3) is 0 Å². The standard InChI is InChI=1S/C12H13F3N4O2/c1-16-8-4-6(12(13,14)15)5-9(18-8)17-7-2-3-10(20)19-11(7)21/h4-5,7H,2-3H2,1H3,(H2,16,17,18)(H,19,20,21). The Bertz CT molecular complexity index is 574. The van der Waals surface area contributed by atoms with Gasteiger partial charge in [-0.15, -0.1) is 0 Å². The fourth-order valence-electron chi connectivity index (χ4n) is 1.91. The number of piperidine rings is 1. The molecule has 1 aliphatic heterocycles. The molecule has 1 aromatic rings. The van der Waals surface area contributed by atoms with Crippen molar-refractivity contribution in [1.29, 1.82) is 0 Å². The maximum atomic E-state index is 12.8. The number of imide groups is 1. The summed E-state index contributed by atoms with van der Waals surface area (Å²) in [7, 11) is 1.44. The Morgan fingerprint density at radius 1 is 1.29 bits per heavy atom. The molecule has 0 saturated carbocycles. The molecule has 0 radical (unpaired) electrons. The maximum Gasteiger partial charge on any atom is 0.416 e. The first-order valence-corrected chi connectivity index (χ1v) is 6.17. The van der Waals surface area contributed by atoms with Crippen molar-refractivity contribution < 1.29 is 22.8 Å². The fraction of sp³-hybridized carbons (Fsp3) is 0.417. The van der Waals surface area contributed by atoms with Crippen molar-refractivity contribution >= 4 is 23.5 Å². The van der Waals surface area contributed by atoms with Crippen LogP contribution in [0.4, 0.5) is 24.8 Å². The van der Waals surface area contributed by atoms with Crippen LogP contribution in [0, 0.1) is 0 Å². The number of pyridine rings is 1. The highest BCUT2D eigenvalue weighted by atomic mass is 19.4. The van der Waals surface area contributed by atoms with Crippen LogP contribution in [0.2, 0.25) is 0 Å². The van der Waals surface area contributed by atoms with E-state index in [4.69, 9.17) is 0 Å². The number of carbonyl (C=O) groups is 2. The summed E-state index contributed by atoms with van der Waals surface area (Å²) in [5, 5.41) is 7.27. The number of carbonyl (C=O) groups excluding carboxylic acids is 2. The summed E-state index contributed by atoms with van der Waals surface area (Å²) >= 11 is 0. The molecule has 3 N–H and O–H groups in total. The molecule has 1 atom stereocenters. The highest BCUT2D eigenvalue weighted by Crippen LogP contribution is 2.32. The largest absolute Gasteiger partial charge is 0.416 e. The highest BCUT2D eigenvalue weighted by Gasteiger charge is 2.32. The van der Waals surface area contributed by atoms with Crippen molar-refractivity contribution in [2.45, 2.75) is 25.1 Å². The summed E-state index contributed by atoms with van der Waals surface area (Å²) in [5.41, 5.74) is -0.878. The Morgan fingerprint density at radius 3 is 2.52 bits per heavy atom. The molecule has 0 bridgehead atoms. The summed E-state index contributed by atoms with van der Waals surface area (Å²) in [4.78, 5) is 26.5. The van der Waals surface area contributed by atoms with E-state index in [1.807, 2.05) is 0 Å². The SMILES string of the molecule is CNc1cc(C(F)(F)F)cc(NC2CCC(=O)NC2=O)n1. The summed E-state index contributed by atoms with van der Waals surface area (Å²) < 4.78 is 38.4. The zero-order valence-corrected chi connectivity index (χ0v) is 11.0. The molecular weight excluding hydrogens is 289 g/mol. The topological polar surface area (TPSA) is 83.1 Å². The minimum absolute atomic E-state index is 0.0274. The molecule has 1 aromatic heterocycles. The number of anilines is 2. The van der Waals surface area contributed by atoms with Gasteiger partial charge in [0.15, 0.2) is 0 Å². The second kappa shape index (κ2) is 5.58. The van der Waals surface area contributed by atoms with Crippen LogP contribution in [0.1, 0.15) is 18.4 Å². The number of nitrogens with zero attached hydrogens (tertiary/aromatic N) is 1. The molecule has 0 spiro atoms. The molecule has 114 valence electrons. The molecule has 0 aromatic carbocycles. The molecule has 2 amide bonds. The lowest BCUT2D eigenvalue weighted by Crippen LogP contribution is -2.47. The monoisotopic (exact) mass is 302 g/mol. The van der Waals surface area contributed by atoms with E-state index in [9.17, 15) is 22.8 Å². The van der Waals surface area contributed by atoms with E-state index in [0.29, 0.717) is 0 Å². The molecule has 2 rings (SSSR count). The van der Waals surface area contributed by atoms with Gasteiger partial charge in [0.05, 0.1) is 5.56 Å². The van der Waals surface area contributed by atoms with Gasteiger partial charge < -0.3 is 10.6 Å². The van der Waals surface area contributed by atoms with Gasteiger partial charge >= 0.3 is 6.18 Å². The van der Waals surface area contributed by atoms with Crippen molar-refractivity contribution in [3.63, 3.8) is 0 Å². The molecule has 2 heterocycles. The molecule has 21 heavy (non-hydrogen) atoms. The van der Waals surface area contributed by atoms with Crippen LogP contribution in [0.3, 0.4) is 0 Å². The Hall–Kier alpha value is -2.32. The van der Waals surface area contributed by atoms with E-state index in [1.54, 1.807) is 0 Å². The predicted molar refractivity (Wildman–Crippen MR) is 68.6 cm³/mol. The number of halogens is 3. The van der Waals surface area contributed by atoms with Gasteiger partial charge in [0.2, 0.25) is 11.8 Å². The maximum absolute atomic E-state index is 12.8. The number of rotatable bonds is 3. The summed E-state index contributed by atoms with van der Waals surface area (Å²) in [6.45, 7) is 0. The Morgan fingerprint density at radius 2 is 1.95 bits per heavy atom. The Kier molecular flexibility index (Phi) is 4.01. The zero-order valence-electron chi connectivity index (χ0n) is 11.0. The quantitative estimate of drug-likeness (QED) is 0.734. The lowest BCUT2D eigenvalue weighted by molar-refractivity contribution is -0.137. The normalized spacial score (nSPS) is 19.1. The van der Waals surface area contributed by atoms with Gasteiger partial charge in [-0.2, -0.15) is 13.2 Å². The van der Waals surface area contributed by atoms with Crippen molar-refractivity contribution in [3.05, 3.63) is 17.7 Å². The van der Waals surface area contributed by atoms with E-state index < -0.39 is 29.6 Å². The predicted octanol–water partition coefficient (Wildman–Crippen LogP) is 1.36. The number of hydrogen-bond donors (Lipinski definition) is 3. The van der Waals surface area contributed by atoms with Crippen molar-refractivity contribution in [2.24, 2.45) is 0 Å². The Labute approximate surface area is 118 Å². The first-order valence-electron chi connectivity index (χ1n) is 6.17. The van der Waals surface area contributed by atoms with Crippen LogP contribution in [-0.2, 0) is 15.8 Å². The number of amides is 2. The number of alkyl halides is 3. The lowest BCUT2D eigenvalue weighted by Gasteiger charge is -2.23. The van der Waals surface area contributed by atoms with Gasteiger partial charge in [-0.1, -0.05) is 0 Å². The third-order valence-corrected chi connectivity index (χ3v) is 2.97. The van der Waals surface area contributed by atoms with Gasteiger partial charge in [0, 0.05) is 13.5 Å². The van der Waals surface area contributed by atoms with Gasteiger partial charge in [0.1, 0.15) is 17.7 Å². The van der Waals surface area contributed by atoms with Gasteiger partial charge in [0.25, 0.3) is 0 Å². The van der Waals surface area contributed by atoms with Crippen molar-refractivity contribution in [1.82, 2.24) is 10.3 Å². The molecule has 9 heteroatoms. The minimum Gasteiger partial charge on any atom is -0.373 e. The summed E-state index contributed by atoms with van der Waals surface area (Å²) in [5.74, 6) is -1.02. The number of nitrogens with one attached hydrogen (secondary N) is 3. The third-order valence-electron chi connectivity index (χ3n) is 2.97. The molecule has 6 nitrogen and oxygen atoms in total. The van der Waals surface area contributed by atoms with E-state index in [0.717, 1.165) is 12.1 Å². The molecule has 1 fully saturated rings. The summed E-state index contributed by atoms with van der Waals surface area (Å²) in [6, 6.07) is 0.906. The highest BCUT2D eigenvalue weighted by molar-refractivity contribution is 6.01.